The standard InChI is InChI=1S/C25H45N3O7Si2/c1-12-31-23-19(27(10)11)13-28(25(30)26-23)24-21(29)22-20(33-24)14-32-36(15(2)3,16(4)5)35-37(34-22,17(6)7)18(8)9/h13,15-18,20,22,24H,12,14H2,1-11H3/t20-,22-,24-/m1/s1. The van der Waals surface area contributed by atoms with Crippen molar-refractivity contribution in [1.82, 2.24) is 9.55 Å². The zero-order valence-corrected chi connectivity index (χ0v) is 26.2. The number of rotatable bonds is 8. The van der Waals surface area contributed by atoms with E-state index in [-0.39, 0.29) is 40.4 Å². The fraction of sp³-hybridized carbons (Fsp3) is 0.800. The topological polar surface area (TPSA) is 101 Å². The monoisotopic (exact) mass is 555 g/mol. The molecule has 0 bridgehead atoms. The van der Waals surface area contributed by atoms with Gasteiger partial charge >= 0.3 is 22.8 Å². The highest BCUT2D eigenvalue weighted by atomic mass is 28.5. The third kappa shape index (κ3) is 5.33. The van der Waals surface area contributed by atoms with Gasteiger partial charge in [-0.15, -0.1) is 0 Å². The quantitative estimate of drug-likeness (QED) is 0.438. The zero-order chi connectivity index (χ0) is 27.9. The number of ether oxygens (including phenoxy) is 2. The number of ketones is 1. The molecule has 2 fully saturated rings. The highest BCUT2D eigenvalue weighted by Crippen LogP contribution is 2.47. The van der Waals surface area contributed by atoms with E-state index in [9.17, 15) is 9.59 Å². The van der Waals surface area contributed by atoms with Crippen LogP contribution >= 0.6 is 0 Å². The summed E-state index contributed by atoms with van der Waals surface area (Å²) in [5, 5.41) is 0. The van der Waals surface area contributed by atoms with E-state index < -0.39 is 41.2 Å². The lowest BCUT2D eigenvalue weighted by Gasteiger charge is -2.50. The van der Waals surface area contributed by atoms with E-state index in [1.807, 2.05) is 21.0 Å². The molecule has 37 heavy (non-hydrogen) atoms. The molecule has 0 spiro atoms. The summed E-state index contributed by atoms with van der Waals surface area (Å²) in [6, 6.07) is 0. The SMILES string of the molecule is CCOc1nc(=O)n([C@@H]2O[C@@H]3CO[Si](C(C)C)(C(C)C)O[Si](C(C)C)(C(C)C)O[C@H]3C2=O)cc1N(C)C. The van der Waals surface area contributed by atoms with Gasteiger partial charge in [0.05, 0.1) is 13.2 Å². The van der Waals surface area contributed by atoms with Gasteiger partial charge in [-0.2, -0.15) is 4.98 Å². The Balaban J connectivity index is 2.10. The van der Waals surface area contributed by atoms with E-state index in [1.54, 1.807) is 11.1 Å². The predicted molar refractivity (Wildman–Crippen MR) is 147 cm³/mol. The van der Waals surface area contributed by atoms with Crippen molar-refractivity contribution in [1.29, 1.82) is 0 Å². The van der Waals surface area contributed by atoms with Crippen molar-refractivity contribution >= 4 is 28.6 Å². The van der Waals surface area contributed by atoms with Crippen molar-refractivity contribution < 1.29 is 27.2 Å². The van der Waals surface area contributed by atoms with Crippen LogP contribution in [0.3, 0.4) is 0 Å². The van der Waals surface area contributed by atoms with Crippen LogP contribution in [-0.2, 0) is 22.5 Å². The number of Topliss-reactive ketones (excluding diaryl/α,β-unsaturated/α-hetero) is 1. The fourth-order valence-electron chi connectivity index (χ4n) is 5.38. The van der Waals surface area contributed by atoms with Gasteiger partial charge in [0, 0.05) is 20.3 Å². The molecule has 0 saturated carbocycles. The lowest BCUT2D eigenvalue weighted by molar-refractivity contribution is -0.130. The maximum absolute atomic E-state index is 13.9. The summed E-state index contributed by atoms with van der Waals surface area (Å²) in [6.07, 6.45) is -1.16. The van der Waals surface area contributed by atoms with Crippen LogP contribution < -0.4 is 15.3 Å². The molecule has 0 unspecified atom stereocenters. The Morgan fingerprint density at radius 1 is 1.03 bits per heavy atom. The van der Waals surface area contributed by atoms with E-state index in [1.165, 1.54) is 4.57 Å². The van der Waals surface area contributed by atoms with E-state index in [0.29, 0.717) is 12.3 Å². The highest BCUT2D eigenvalue weighted by Gasteiger charge is 2.61. The number of carbonyl (C=O) groups is 1. The molecule has 0 amide bonds. The van der Waals surface area contributed by atoms with Crippen molar-refractivity contribution in [2.45, 2.75) is 103 Å². The molecule has 0 aromatic carbocycles. The van der Waals surface area contributed by atoms with Gasteiger partial charge in [0.25, 0.3) is 0 Å². The molecule has 0 N–H and O–H groups in total. The number of hydrogen-bond donors (Lipinski definition) is 0. The summed E-state index contributed by atoms with van der Waals surface area (Å²) in [4.78, 5) is 32.8. The van der Waals surface area contributed by atoms with Crippen LogP contribution in [0.4, 0.5) is 5.69 Å². The normalized spacial score (nSPS) is 25.5. The Morgan fingerprint density at radius 2 is 1.59 bits per heavy atom. The van der Waals surface area contributed by atoms with Crippen LogP contribution in [0.25, 0.3) is 0 Å². The molecule has 12 heteroatoms. The first-order chi connectivity index (χ1) is 17.2. The molecule has 3 rings (SSSR count). The molecule has 0 aliphatic carbocycles. The zero-order valence-electron chi connectivity index (χ0n) is 24.2. The van der Waals surface area contributed by atoms with Crippen LogP contribution in [0.1, 0.15) is 68.5 Å². The minimum Gasteiger partial charge on any atom is -0.476 e. The molecule has 2 aliphatic rings. The second-order valence-electron chi connectivity index (χ2n) is 11.4. The maximum Gasteiger partial charge on any atom is 0.353 e. The molecule has 3 atom stereocenters. The first kappa shape index (κ1) is 30.0. The molecular weight excluding hydrogens is 510 g/mol. The predicted octanol–water partition coefficient (Wildman–Crippen LogP) is 4.13. The number of fused-ring (bicyclic) bond motifs is 1. The van der Waals surface area contributed by atoms with Crippen LogP contribution in [0.5, 0.6) is 5.88 Å². The minimum absolute atomic E-state index is 0.0706. The third-order valence-corrected chi connectivity index (χ3v) is 17.6. The highest BCUT2D eigenvalue weighted by molar-refractivity contribution is 6.84. The Labute approximate surface area is 223 Å². The second kappa shape index (κ2) is 11.3. The summed E-state index contributed by atoms with van der Waals surface area (Å²) in [5.74, 6) is -0.106. The lowest BCUT2D eigenvalue weighted by atomic mass is 10.1. The number of nitrogens with zero attached hydrogens (tertiary/aromatic N) is 3. The summed E-state index contributed by atoms with van der Waals surface area (Å²) in [6.45, 7) is 19.3. The van der Waals surface area contributed by atoms with Gasteiger partial charge in [-0.3, -0.25) is 9.36 Å². The van der Waals surface area contributed by atoms with Gasteiger partial charge in [0.2, 0.25) is 17.9 Å². The lowest BCUT2D eigenvalue weighted by Crippen LogP contribution is -2.65. The van der Waals surface area contributed by atoms with Crippen LogP contribution in [0.2, 0.25) is 22.2 Å². The van der Waals surface area contributed by atoms with Gasteiger partial charge in [-0.05, 0) is 29.1 Å². The average Bonchev–Trinajstić information content (AvgIpc) is 3.07. The first-order valence-corrected chi connectivity index (χ1v) is 17.3. The van der Waals surface area contributed by atoms with Crippen LogP contribution in [-0.4, -0.2) is 72.0 Å². The van der Waals surface area contributed by atoms with E-state index >= 15 is 0 Å². The van der Waals surface area contributed by atoms with E-state index in [0.717, 1.165) is 0 Å². The van der Waals surface area contributed by atoms with Gasteiger partial charge in [0.15, 0.2) is 0 Å². The largest absolute Gasteiger partial charge is 0.476 e. The number of aromatic nitrogens is 2. The molecule has 0 radical (unpaired) electrons. The van der Waals surface area contributed by atoms with Crippen LogP contribution in [0.15, 0.2) is 11.0 Å². The van der Waals surface area contributed by atoms with E-state index in [2.05, 4.69) is 60.4 Å². The van der Waals surface area contributed by atoms with Crippen molar-refractivity contribution in [3.8, 4) is 5.88 Å². The van der Waals surface area contributed by atoms with Gasteiger partial charge in [0.1, 0.15) is 17.9 Å². The van der Waals surface area contributed by atoms with Gasteiger partial charge < -0.3 is 27.3 Å². The Hall–Kier alpha value is -1.58. The third-order valence-electron chi connectivity index (χ3n) is 7.40. The smallest absolute Gasteiger partial charge is 0.353 e. The summed E-state index contributed by atoms with van der Waals surface area (Å²) in [5.41, 5.74) is 0.434. The number of anilines is 1. The number of hydrogen-bond acceptors (Lipinski definition) is 9. The molecule has 210 valence electrons. The van der Waals surface area contributed by atoms with Crippen molar-refractivity contribution in [3.05, 3.63) is 16.7 Å². The van der Waals surface area contributed by atoms with Crippen LogP contribution in [0, 0.1) is 0 Å². The molecule has 1 aromatic rings. The molecule has 10 nitrogen and oxygen atoms in total. The summed E-state index contributed by atoms with van der Waals surface area (Å²) >= 11 is 0. The van der Waals surface area contributed by atoms with Crippen molar-refractivity contribution in [2.24, 2.45) is 0 Å². The molecule has 3 heterocycles. The average molecular weight is 556 g/mol. The minimum atomic E-state index is -3.00. The van der Waals surface area contributed by atoms with Gasteiger partial charge in [-0.1, -0.05) is 55.4 Å². The first-order valence-electron chi connectivity index (χ1n) is 13.4. The Morgan fingerprint density at radius 3 is 2.08 bits per heavy atom. The summed E-state index contributed by atoms with van der Waals surface area (Å²) in [7, 11) is -2.13. The number of carbonyl (C=O) groups excluding carboxylic acids is 1. The maximum atomic E-state index is 13.9. The second-order valence-corrected chi connectivity index (χ2v) is 20.2. The molecule has 2 aliphatic heterocycles. The molecule has 1 aromatic heterocycles. The molecular formula is C25H45N3O7Si2. The summed E-state index contributed by atoms with van der Waals surface area (Å²) < 4.78 is 33.8. The Kier molecular flexibility index (Phi) is 9.13. The van der Waals surface area contributed by atoms with E-state index in [4.69, 9.17) is 22.4 Å². The Bertz CT molecular complexity index is 1010. The molecule has 2 saturated heterocycles. The van der Waals surface area contributed by atoms with Crippen molar-refractivity contribution in [3.63, 3.8) is 0 Å². The van der Waals surface area contributed by atoms with Gasteiger partial charge in [-0.25, -0.2) is 4.79 Å². The van der Waals surface area contributed by atoms with Crippen molar-refractivity contribution in [2.75, 3.05) is 32.2 Å². The fourth-order valence-corrected chi connectivity index (χ4v) is 16.5.